The minimum atomic E-state index is 0.921. The second-order valence-corrected chi connectivity index (χ2v) is 13.6. The highest BCUT2D eigenvalue weighted by atomic mass is 16.3. The molecule has 0 aliphatic heterocycles. The summed E-state index contributed by atoms with van der Waals surface area (Å²) in [6, 6.07) is 66.4. The Balaban J connectivity index is 1.04. The number of fused-ring (bicyclic) bond motifs is 4. The lowest BCUT2D eigenvalue weighted by Crippen LogP contribution is -1.90. The van der Waals surface area contributed by atoms with E-state index in [1.807, 2.05) is 12.1 Å². The van der Waals surface area contributed by atoms with Crippen LogP contribution in [0, 0.1) is 0 Å². The maximum absolute atomic E-state index is 6.19. The minimum Gasteiger partial charge on any atom is -0.456 e. The molecule has 0 saturated heterocycles. The molecule has 0 atom stereocenters. The maximum Gasteiger partial charge on any atom is 0.136 e. The first-order chi connectivity index (χ1) is 25.3. The molecule has 0 unspecified atom stereocenters. The van der Waals surface area contributed by atoms with Gasteiger partial charge in [0.1, 0.15) is 11.2 Å². The Morgan fingerprint density at radius 1 is 0.255 bits per heavy atom. The van der Waals surface area contributed by atoms with Gasteiger partial charge in [0.05, 0.1) is 0 Å². The van der Waals surface area contributed by atoms with Gasteiger partial charge in [0.2, 0.25) is 0 Å². The monoisotopic (exact) mass is 646 g/mol. The summed E-state index contributed by atoms with van der Waals surface area (Å²) in [5.41, 5.74) is 11.7. The summed E-state index contributed by atoms with van der Waals surface area (Å²) >= 11 is 0. The van der Waals surface area contributed by atoms with Crippen LogP contribution in [-0.2, 0) is 0 Å². The molecule has 1 heterocycles. The third-order valence-electron chi connectivity index (χ3n) is 10.8. The number of furan rings is 1. The van der Waals surface area contributed by atoms with Crippen molar-refractivity contribution < 1.29 is 4.42 Å². The SMILES string of the molecule is c1cc(-c2cccc3ccccc23)cc(-c2ccc3ccc4c(-c5ccc(-c6cccc7oc8ccccc8c67)cc5)ccc5ccc2c3c54)c1. The van der Waals surface area contributed by atoms with Crippen molar-refractivity contribution in [3.63, 3.8) is 0 Å². The molecule has 0 aliphatic carbocycles. The minimum absolute atomic E-state index is 0.921. The van der Waals surface area contributed by atoms with E-state index in [0.717, 1.165) is 16.6 Å². The second-order valence-electron chi connectivity index (χ2n) is 13.6. The molecule has 51 heavy (non-hydrogen) atoms. The van der Waals surface area contributed by atoms with Crippen LogP contribution in [0.25, 0.3) is 110 Å². The lowest BCUT2D eigenvalue weighted by molar-refractivity contribution is 0.669. The highest BCUT2D eigenvalue weighted by molar-refractivity contribution is 6.27. The van der Waals surface area contributed by atoms with Crippen LogP contribution in [0.1, 0.15) is 0 Å². The first kappa shape index (κ1) is 28.2. The molecule has 0 saturated carbocycles. The first-order valence-electron chi connectivity index (χ1n) is 17.6. The van der Waals surface area contributed by atoms with Crippen molar-refractivity contribution in [2.24, 2.45) is 0 Å². The number of hydrogen-bond acceptors (Lipinski definition) is 1. The van der Waals surface area contributed by atoms with E-state index in [0.29, 0.717) is 0 Å². The topological polar surface area (TPSA) is 13.1 Å². The van der Waals surface area contributed by atoms with Crippen LogP contribution >= 0.6 is 0 Å². The van der Waals surface area contributed by atoms with Gasteiger partial charge >= 0.3 is 0 Å². The van der Waals surface area contributed by atoms with Crippen molar-refractivity contribution in [1.29, 1.82) is 0 Å². The van der Waals surface area contributed by atoms with Crippen molar-refractivity contribution in [3.05, 3.63) is 182 Å². The maximum atomic E-state index is 6.19. The smallest absolute Gasteiger partial charge is 0.136 e. The molecule has 1 heteroatoms. The molecular weight excluding hydrogens is 617 g/mol. The van der Waals surface area contributed by atoms with Crippen LogP contribution < -0.4 is 0 Å². The molecule has 11 rings (SSSR count). The van der Waals surface area contributed by atoms with Crippen molar-refractivity contribution in [1.82, 2.24) is 0 Å². The number of benzene rings is 10. The summed E-state index contributed by atoms with van der Waals surface area (Å²) in [6.45, 7) is 0. The van der Waals surface area contributed by atoms with E-state index in [1.54, 1.807) is 0 Å². The quantitative estimate of drug-likeness (QED) is 0.173. The van der Waals surface area contributed by atoms with Crippen molar-refractivity contribution >= 4 is 65.0 Å². The van der Waals surface area contributed by atoms with Gasteiger partial charge in [-0.25, -0.2) is 0 Å². The Morgan fingerprint density at radius 2 is 0.765 bits per heavy atom. The summed E-state index contributed by atoms with van der Waals surface area (Å²) in [5.74, 6) is 0. The Hall–Kier alpha value is -6.70. The van der Waals surface area contributed by atoms with Crippen molar-refractivity contribution in [2.75, 3.05) is 0 Å². The van der Waals surface area contributed by atoms with Crippen molar-refractivity contribution in [3.8, 4) is 44.5 Å². The normalized spacial score (nSPS) is 11.9. The van der Waals surface area contributed by atoms with Gasteiger partial charge in [-0.2, -0.15) is 0 Å². The zero-order chi connectivity index (χ0) is 33.5. The number of rotatable bonds is 4. The third-order valence-corrected chi connectivity index (χ3v) is 10.8. The van der Waals surface area contributed by atoms with Crippen LogP contribution in [0.4, 0.5) is 0 Å². The average molecular weight is 647 g/mol. The van der Waals surface area contributed by atoms with Crippen LogP contribution in [0.2, 0.25) is 0 Å². The Morgan fingerprint density at radius 3 is 1.51 bits per heavy atom. The molecule has 0 radical (unpaired) electrons. The van der Waals surface area contributed by atoms with Crippen molar-refractivity contribution in [2.45, 2.75) is 0 Å². The summed E-state index contributed by atoms with van der Waals surface area (Å²) in [5, 5.41) is 12.6. The molecule has 1 nitrogen and oxygen atoms in total. The Bertz CT molecular complexity index is 3120. The van der Waals surface area contributed by atoms with Gasteiger partial charge in [-0.1, -0.05) is 164 Å². The molecule has 0 amide bonds. The largest absolute Gasteiger partial charge is 0.456 e. The summed E-state index contributed by atoms with van der Waals surface area (Å²) in [4.78, 5) is 0. The molecule has 0 spiro atoms. The van der Waals surface area contributed by atoms with E-state index < -0.39 is 0 Å². The molecule has 236 valence electrons. The molecular formula is C50H30O. The standard InChI is InChI=1S/C50H30O/c1-2-12-38-31(8-1)9-6-14-39(38)36-10-5-11-37(30-36)41-27-23-35-24-28-43-40(26-22-34-25-29-44(41)49(35)48(34)43)32-18-20-33(21-19-32)42-15-7-17-47-50(42)45-13-3-4-16-46(45)51-47/h1-30H. The molecule has 11 aromatic rings. The third kappa shape index (κ3) is 4.28. The van der Waals surface area contributed by atoms with Gasteiger partial charge in [-0.3, -0.25) is 0 Å². The van der Waals surface area contributed by atoms with Gasteiger partial charge < -0.3 is 4.42 Å². The lowest BCUT2D eigenvalue weighted by atomic mass is 9.86. The predicted molar refractivity (Wildman–Crippen MR) is 217 cm³/mol. The molecule has 0 N–H and O–H groups in total. The molecule has 1 aromatic heterocycles. The fraction of sp³-hybridized carbons (Fsp3) is 0. The van der Waals surface area contributed by atoms with Crippen LogP contribution in [0.5, 0.6) is 0 Å². The molecule has 0 aliphatic rings. The fourth-order valence-corrected chi connectivity index (χ4v) is 8.48. The fourth-order valence-electron chi connectivity index (χ4n) is 8.48. The Labute approximate surface area is 295 Å². The van der Waals surface area contributed by atoms with Gasteiger partial charge in [0.25, 0.3) is 0 Å². The van der Waals surface area contributed by atoms with E-state index in [-0.39, 0.29) is 0 Å². The summed E-state index contributed by atoms with van der Waals surface area (Å²) in [7, 11) is 0. The Kier molecular flexibility index (Phi) is 6.02. The van der Waals surface area contributed by atoms with E-state index in [4.69, 9.17) is 4.42 Å². The van der Waals surface area contributed by atoms with E-state index in [2.05, 4.69) is 170 Å². The molecule has 0 fully saturated rings. The zero-order valence-corrected chi connectivity index (χ0v) is 27.7. The highest BCUT2D eigenvalue weighted by Crippen LogP contribution is 2.44. The summed E-state index contributed by atoms with van der Waals surface area (Å²) < 4.78 is 6.19. The van der Waals surface area contributed by atoms with E-state index in [9.17, 15) is 0 Å². The van der Waals surface area contributed by atoms with Gasteiger partial charge in [-0.15, -0.1) is 0 Å². The lowest BCUT2D eigenvalue weighted by Gasteiger charge is -2.17. The predicted octanol–water partition coefficient (Wildman–Crippen LogP) is 14.3. The van der Waals surface area contributed by atoms with Gasteiger partial charge in [0.15, 0.2) is 0 Å². The summed E-state index contributed by atoms with van der Waals surface area (Å²) in [6.07, 6.45) is 0. The van der Waals surface area contributed by atoms with E-state index in [1.165, 1.54) is 93.0 Å². The number of para-hydroxylation sites is 1. The molecule has 10 aromatic carbocycles. The molecule has 0 bridgehead atoms. The zero-order valence-electron chi connectivity index (χ0n) is 27.7. The van der Waals surface area contributed by atoms with E-state index >= 15 is 0 Å². The first-order valence-corrected chi connectivity index (χ1v) is 17.6. The van der Waals surface area contributed by atoms with Gasteiger partial charge in [0, 0.05) is 10.8 Å². The van der Waals surface area contributed by atoms with Gasteiger partial charge in [-0.05, 0) is 106 Å². The second kappa shape index (κ2) is 10.9. The van der Waals surface area contributed by atoms with Crippen LogP contribution in [-0.4, -0.2) is 0 Å². The van der Waals surface area contributed by atoms with Crippen LogP contribution in [0.3, 0.4) is 0 Å². The van der Waals surface area contributed by atoms with Crippen LogP contribution in [0.15, 0.2) is 186 Å². The average Bonchev–Trinajstić information content (AvgIpc) is 3.59. The number of hydrogen-bond donors (Lipinski definition) is 0. The highest BCUT2D eigenvalue weighted by Gasteiger charge is 2.17.